The minimum absolute atomic E-state index is 0.308. The first-order valence-corrected chi connectivity index (χ1v) is 9.32. The molecule has 1 amide bonds. The molecule has 0 aliphatic carbocycles. The third-order valence-corrected chi connectivity index (χ3v) is 4.68. The molecule has 1 saturated heterocycles. The van der Waals surface area contributed by atoms with Crippen molar-refractivity contribution >= 4 is 23.0 Å². The van der Waals surface area contributed by atoms with Gasteiger partial charge in [0.2, 0.25) is 0 Å². The fourth-order valence-corrected chi connectivity index (χ4v) is 3.34. The Labute approximate surface area is 163 Å². The highest BCUT2D eigenvalue weighted by molar-refractivity contribution is 5.88. The van der Waals surface area contributed by atoms with Crippen LogP contribution >= 0.6 is 0 Å². The zero-order valence-electron chi connectivity index (χ0n) is 16.8. The first-order valence-electron chi connectivity index (χ1n) is 9.32. The van der Waals surface area contributed by atoms with E-state index in [1.54, 1.807) is 39.8 Å². The van der Waals surface area contributed by atoms with Crippen molar-refractivity contribution in [1.29, 1.82) is 0 Å². The molecule has 0 unspecified atom stereocenters. The standard InChI is InChI=1S/C21H25NO6/c1-12-11-17(23)27-18-13(2)16(9-8-14(12)18)26-19(24)15-7-6-10-22(15)20(25)28-21(3,4)5/h8-9,11,15H,6-7,10H2,1-5H3/t15-/m1/s1. The summed E-state index contributed by atoms with van der Waals surface area (Å²) in [6.45, 7) is 9.34. The Morgan fingerprint density at radius 3 is 2.61 bits per heavy atom. The molecule has 1 aliphatic rings. The van der Waals surface area contributed by atoms with E-state index in [-0.39, 0.29) is 0 Å². The summed E-state index contributed by atoms with van der Waals surface area (Å²) in [4.78, 5) is 38.3. The normalized spacial score (nSPS) is 17.0. The van der Waals surface area contributed by atoms with E-state index in [1.165, 1.54) is 11.0 Å². The van der Waals surface area contributed by atoms with Crippen LogP contribution in [0.2, 0.25) is 0 Å². The molecular formula is C21H25NO6. The quantitative estimate of drug-likeness (QED) is 0.444. The summed E-state index contributed by atoms with van der Waals surface area (Å²) < 4.78 is 16.3. The molecule has 150 valence electrons. The molecule has 0 spiro atoms. The number of likely N-dealkylation sites (tertiary alicyclic amines) is 1. The van der Waals surface area contributed by atoms with Crippen molar-refractivity contribution in [3.05, 3.63) is 39.7 Å². The molecule has 0 radical (unpaired) electrons. The summed E-state index contributed by atoms with van der Waals surface area (Å²) >= 11 is 0. The minimum Gasteiger partial charge on any atom is -0.444 e. The maximum Gasteiger partial charge on any atom is 0.411 e. The molecule has 0 saturated carbocycles. The molecular weight excluding hydrogens is 362 g/mol. The van der Waals surface area contributed by atoms with E-state index in [0.29, 0.717) is 36.3 Å². The van der Waals surface area contributed by atoms with Crippen LogP contribution in [0.4, 0.5) is 4.79 Å². The Kier molecular flexibility index (Phi) is 5.19. The summed E-state index contributed by atoms with van der Waals surface area (Å²) in [6, 6.07) is 4.15. The van der Waals surface area contributed by atoms with Gasteiger partial charge in [0, 0.05) is 23.6 Å². The molecule has 3 rings (SSSR count). The molecule has 1 aromatic heterocycles. The third kappa shape index (κ3) is 4.03. The number of aryl methyl sites for hydroxylation is 2. The number of amides is 1. The Morgan fingerprint density at radius 2 is 1.93 bits per heavy atom. The van der Waals surface area contributed by atoms with E-state index in [0.717, 1.165) is 10.9 Å². The van der Waals surface area contributed by atoms with Gasteiger partial charge in [-0.05, 0) is 65.2 Å². The van der Waals surface area contributed by atoms with Gasteiger partial charge >= 0.3 is 17.7 Å². The number of hydrogen-bond acceptors (Lipinski definition) is 6. The van der Waals surface area contributed by atoms with Crippen LogP contribution in [0.25, 0.3) is 11.0 Å². The Hall–Kier alpha value is -2.83. The number of benzene rings is 1. The van der Waals surface area contributed by atoms with Crippen LogP contribution in [0.15, 0.2) is 27.4 Å². The molecule has 0 bridgehead atoms. The SMILES string of the molecule is Cc1cc(=O)oc2c(C)c(OC(=O)[C@H]3CCCN3C(=O)OC(C)(C)C)ccc12. The van der Waals surface area contributed by atoms with E-state index in [9.17, 15) is 14.4 Å². The molecule has 28 heavy (non-hydrogen) atoms. The van der Waals surface area contributed by atoms with Crippen LogP contribution in [0, 0.1) is 13.8 Å². The lowest BCUT2D eigenvalue weighted by molar-refractivity contribution is -0.139. The first-order chi connectivity index (χ1) is 13.1. The number of hydrogen-bond donors (Lipinski definition) is 0. The molecule has 0 N–H and O–H groups in total. The number of ether oxygens (including phenoxy) is 2. The lowest BCUT2D eigenvalue weighted by Gasteiger charge is -2.27. The first kappa shape index (κ1) is 19.9. The van der Waals surface area contributed by atoms with Gasteiger partial charge in [-0.1, -0.05) is 0 Å². The second kappa shape index (κ2) is 7.30. The van der Waals surface area contributed by atoms with Gasteiger partial charge in [-0.3, -0.25) is 4.90 Å². The van der Waals surface area contributed by atoms with Crippen molar-refractivity contribution in [2.24, 2.45) is 0 Å². The van der Waals surface area contributed by atoms with Crippen LogP contribution in [-0.2, 0) is 9.53 Å². The fourth-order valence-electron chi connectivity index (χ4n) is 3.34. The highest BCUT2D eigenvalue weighted by atomic mass is 16.6. The summed E-state index contributed by atoms with van der Waals surface area (Å²) in [7, 11) is 0. The smallest absolute Gasteiger partial charge is 0.411 e. The van der Waals surface area contributed by atoms with E-state index in [1.807, 2.05) is 6.92 Å². The predicted octanol–water partition coefficient (Wildman–Crippen LogP) is 3.71. The molecule has 7 nitrogen and oxygen atoms in total. The number of nitrogens with zero attached hydrogens (tertiary/aromatic N) is 1. The van der Waals surface area contributed by atoms with E-state index in [4.69, 9.17) is 13.9 Å². The second-order valence-corrected chi connectivity index (χ2v) is 8.07. The van der Waals surface area contributed by atoms with Gasteiger partial charge in [-0.25, -0.2) is 14.4 Å². The van der Waals surface area contributed by atoms with Crippen LogP contribution in [0.1, 0.15) is 44.7 Å². The fraction of sp³-hybridized carbons (Fsp3) is 0.476. The Bertz CT molecular complexity index is 985. The average molecular weight is 387 g/mol. The number of esters is 1. The lowest BCUT2D eigenvalue weighted by atomic mass is 10.1. The molecule has 7 heteroatoms. The Balaban J connectivity index is 1.83. The van der Waals surface area contributed by atoms with Crippen molar-refractivity contribution in [2.75, 3.05) is 6.54 Å². The van der Waals surface area contributed by atoms with Gasteiger partial charge in [0.25, 0.3) is 0 Å². The zero-order valence-corrected chi connectivity index (χ0v) is 16.8. The number of rotatable bonds is 2. The van der Waals surface area contributed by atoms with E-state index in [2.05, 4.69) is 0 Å². The topological polar surface area (TPSA) is 86.0 Å². The van der Waals surface area contributed by atoms with Crippen LogP contribution < -0.4 is 10.4 Å². The van der Waals surface area contributed by atoms with Gasteiger partial charge in [-0.15, -0.1) is 0 Å². The van der Waals surface area contributed by atoms with Crippen LogP contribution in [0.5, 0.6) is 5.75 Å². The monoisotopic (exact) mass is 387 g/mol. The lowest BCUT2D eigenvalue weighted by Crippen LogP contribution is -2.44. The Morgan fingerprint density at radius 1 is 1.21 bits per heavy atom. The van der Waals surface area contributed by atoms with Crippen molar-refractivity contribution in [3.63, 3.8) is 0 Å². The van der Waals surface area contributed by atoms with Gasteiger partial charge < -0.3 is 13.9 Å². The molecule has 2 aromatic rings. The highest BCUT2D eigenvalue weighted by Gasteiger charge is 2.38. The van der Waals surface area contributed by atoms with Crippen molar-refractivity contribution in [1.82, 2.24) is 4.90 Å². The second-order valence-electron chi connectivity index (χ2n) is 8.07. The van der Waals surface area contributed by atoms with Crippen molar-refractivity contribution in [2.45, 2.75) is 59.1 Å². The van der Waals surface area contributed by atoms with Crippen molar-refractivity contribution in [3.8, 4) is 5.75 Å². The maximum atomic E-state index is 12.8. The molecule has 1 atom stereocenters. The molecule has 1 fully saturated rings. The van der Waals surface area contributed by atoms with Gasteiger partial charge in [0.15, 0.2) is 0 Å². The van der Waals surface area contributed by atoms with Gasteiger partial charge in [0.05, 0.1) is 0 Å². The highest BCUT2D eigenvalue weighted by Crippen LogP contribution is 2.30. The van der Waals surface area contributed by atoms with Gasteiger partial charge in [-0.2, -0.15) is 0 Å². The van der Waals surface area contributed by atoms with E-state index >= 15 is 0 Å². The summed E-state index contributed by atoms with van der Waals surface area (Å²) in [5.41, 5.74) is 0.653. The number of carbonyl (C=O) groups is 2. The maximum absolute atomic E-state index is 12.8. The summed E-state index contributed by atoms with van der Waals surface area (Å²) in [5.74, 6) is -0.219. The van der Waals surface area contributed by atoms with Crippen molar-refractivity contribution < 1.29 is 23.5 Å². The summed E-state index contributed by atoms with van der Waals surface area (Å²) in [5, 5.41) is 0.785. The molecule has 2 heterocycles. The largest absolute Gasteiger partial charge is 0.444 e. The van der Waals surface area contributed by atoms with Crippen LogP contribution in [0.3, 0.4) is 0 Å². The summed E-state index contributed by atoms with van der Waals surface area (Å²) in [6.07, 6.45) is 0.687. The number of carbonyl (C=O) groups excluding carboxylic acids is 2. The van der Waals surface area contributed by atoms with E-state index < -0.39 is 29.3 Å². The van der Waals surface area contributed by atoms with Crippen LogP contribution in [-0.4, -0.2) is 35.2 Å². The van der Waals surface area contributed by atoms with Gasteiger partial charge in [0.1, 0.15) is 23.0 Å². The zero-order chi connectivity index (χ0) is 20.6. The predicted molar refractivity (Wildman–Crippen MR) is 104 cm³/mol. The molecule has 1 aliphatic heterocycles. The average Bonchev–Trinajstić information content (AvgIpc) is 3.06. The third-order valence-electron chi connectivity index (χ3n) is 4.68. The molecule has 1 aromatic carbocycles. The number of fused-ring (bicyclic) bond motifs is 1. The minimum atomic E-state index is -0.700.